The highest BCUT2D eigenvalue weighted by atomic mass is 16.6. The lowest BCUT2D eigenvalue weighted by molar-refractivity contribution is -0.161. The molecule has 0 aromatic heterocycles. The summed E-state index contributed by atoms with van der Waals surface area (Å²) in [7, 11) is 0. The number of esters is 1. The summed E-state index contributed by atoms with van der Waals surface area (Å²) in [5, 5.41) is 0. The van der Waals surface area contributed by atoms with Crippen molar-refractivity contribution in [2.45, 2.75) is 58.5 Å². The first-order valence-corrected chi connectivity index (χ1v) is 6.35. The fourth-order valence-electron chi connectivity index (χ4n) is 2.31. The third-order valence-corrected chi connectivity index (χ3v) is 3.16. The van der Waals surface area contributed by atoms with Gasteiger partial charge in [0.1, 0.15) is 5.60 Å². The maximum Gasteiger partial charge on any atom is 0.309 e. The molecule has 0 aromatic carbocycles. The van der Waals surface area contributed by atoms with Gasteiger partial charge in [0.2, 0.25) is 0 Å². The molecule has 1 rings (SSSR count). The minimum Gasteiger partial charge on any atom is -0.460 e. The number of carbonyl (C=O) groups is 1. The number of ether oxygens (including phenoxy) is 1. The number of nitrogens with two attached hydrogens (primary N) is 1. The van der Waals surface area contributed by atoms with Crippen LogP contribution in [0.3, 0.4) is 0 Å². The Labute approximate surface area is 98.7 Å². The van der Waals surface area contributed by atoms with Gasteiger partial charge in [-0.3, -0.25) is 4.79 Å². The molecular weight excluding hydrogens is 202 g/mol. The van der Waals surface area contributed by atoms with Gasteiger partial charge in [-0.15, -0.1) is 0 Å². The highest BCUT2D eigenvalue weighted by Crippen LogP contribution is 2.31. The summed E-state index contributed by atoms with van der Waals surface area (Å²) in [5.41, 5.74) is 5.19. The third kappa shape index (κ3) is 4.52. The lowest BCUT2D eigenvalue weighted by Gasteiger charge is -2.29. The Balaban J connectivity index is 2.33. The van der Waals surface area contributed by atoms with Crippen molar-refractivity contribution >= 4 is 5.97 Å². The van der Waals surface area contributed by atoms with Crippen LogP contribution in [0, 0.1) is 11.8 Å². The fraction of sp³-hybridized carbons (Fsp3) is 0.923. The van der Waals surface area contributed by atoms with E-state index in [0.29, 0.717) is 0 Å². The summed E-state index contributed by atoms with van der Waals surface area (Å²) < 4.78 is 5.41. The maximum absolute atomic E-state index is 11.8. The second-order valence-corrected chi connectivity index (χ2v) is 5.83. The van der Waals surface area contributed by atoms with E-state index in [4.69, 9.17) is 10.5 Å². The van der Waals surface area contributed by atoms with Crippen LogP contribution in [-0.4, -0.2) is 18.1 Å². The molecule has 1 fully saturated rings. The van der Waals surface area contributed by atoms with E-state index in [1.165, 1.54) is 0 Å². The van der Waals surface area contributed by atoms with Gasteiger partial charge in [0.25, 0.3) is 0 Å². The van der Waals surface area contributed by atoms with Gasteiger partial charge in [-0.25, -0.2) is 0 Å². The Hall–Kier alpha value is -0.570. The van der Waals surface area contributed by atoms with E-state index in [1.807, 2.05) is 20.8 Å². The summed E-state index contributed by atoms with van der Waals surface area (Å²) in [4.78, 5) is 11.8. The average Bonchev–Trinajstić information content (AvgIpc) is 2.16. The van der Waals surface area contributed by atoms with Crippen molar-refractivity contribution in [2.75, 3.05) is 6.54 Å². The van der Waals surface area contributed by atoms with Gasteiger partial charge in [0.05, 0.1) is 5.92 Å². The molecular formula is C13H25NO2. The van der Waals surface area contributed by atoms with Gasteiger partial charge >= 0.3 is 5.97 Å². The van der Waals surface area contributed by atoms with Gasteiger partial charge in [-0.1, -0.05) is 0 Å². The van der Waals surface area contributed by atoms with Gasteiger partial charge in [0, 0.05) is 0 Å². The molecule has 0 saturated heterocycles. The molecule has 0 heterocycles. The highest BCUT2D eigenvalue weighted by Gasteiger charge is 2.29. The monoisotopic (exact) mass is 227 g/mol. The predicted molar refractivity (Wildman–Crippen MR) is 65.0 cm³/mol. The quantitative estimate of drug-likeness (QED) is 0.754. The molecule has 0 radical (unpaired) electrons. The SMILES string of the molecule is CC(C)(C)OC(=O)C1CCC(CCN)CC1. The lowest BCUT2D eigenvalue weighted by Crippen LogP contribution is -2.31. The summed E-state index contributed by atoms with van der Waals surface area (Å²) in [6.45, 7) is 6.53. The second-order valence-electron chi connectivity index (χ2n) is 5.83. The maximum atomic E-state index is 11.8. The molecule has 94 valence electrons. The molecule has 0 unspecified atom stereocenters. The normalized spacial score (nSPS) is 26.5. The zero-order chi connectivity index (χ0) is 12.2. The second kappa shape index (κ2) is 5.67. The molecule has 0 spiro atoms. The van der Waals surface area contributed by atoms with Crippen LogP contribution in [0.2, 0.25) is 0 Å². The van der Waals surface area contributed by atoms with E-state index < -0.39 is 0 Å². The topological polar surface area (TPSA) is 52.3 Å². The van der Waals surface area contributed by atoms with Crippen LogP contribution in [0.1, 0.15) is 52.9 Å². The van der Waals surface area contributed by atoms with Crippen molar-refractivity contribution in [3.8, 4) is 0 Å². The average molecular weight is 227 g/mol. The predicted octanol–water partition coefficient (Wildman–Crippen LogP) is 2.48. The molecule has 0 atom stereocenters. The van der Waals surface area contributed by atoms with Gasteiger partial charge in [-0.2, -0.15) is 0 Å². The molecule has 0 bridgehead atoms. The van der Waals surface area contributed by atoms with Crippen LogP contribution >= 0.6 is 0 Å². The molecule has 1 aliphatic carbocycles. The minimum absolute atomic E-state index is 0.0151. The van der Waals surface area contributed by atoms with Crippen LogP contribution < -0.4 is 5.73 Å². The Kier molecular flexibility index (Phi) is 4.78. The van der Waals surface area contributed by atoms with Crippen molar-refractivity contribution < 1.29 is 9.53 Å². The number of hydrogen-bond donors (Lipinski definition) is 1. The van der Waals surface area contributed by atoms with Gasteiger partial charge in [0.15, 0.2) is 0 Å². The van der Waals surface area contributed by atoms with E-state index >= 15 is 0 Å². The largest absolute Gasteiger partial charge is 0.460 e. The smallest absolute Gasteiger partial charge is 0.309 e. The molecule has 2 N–H and O–H groups in total. The van der Waals surface area contributed by atoms with E-state index in [-0.39, 0.29) is 17.5 Å². The standard InChI is InChI=1S/C13H25NO2/c1-13(2,3)16-12(15)11-6-4-10(5-7-11)8-9-14/h10-11H,4-9,14H2,1-3H3. The zero-order valence-corrected chi connectivity index (χ0v) is 10.8. The summed E-state index contributed by atoms with van der Waals surface area (Å²) in [5.74, 6) is 0.829. The van der Waals surface area contributed by atoms with Crippen molar-refractivity contribution in [3.63, 3.8) is 0 Å². The van der Waals surface area contributed by atoms with E-state index in [0.717, 1.165) is 44.6 Å². The first-order chi connectivity index (χ1) is 7.42. The minimum atomic E-state index is -0.356. The summed E-state index contributed by atoms with van der Waals surface area (Å²) in [6.07, 6.45) is 5.29. The van der Waals surface area contributed by atoms with Crippen molar-refractivity contribution in [1.29, 1.82) is 0 Å². The van der Waals surface area contributed by atoms with Crippen LogP contribution in [-0.2, 0) is 9.53 Å². The fourth-order valence-corrected chi connectivity index (χ4v) is 2.31. The molecule has 16 heavy (non-hydrogen) atoms. The summed E-state index contributed by atoms with van der Waals surface area (Å²) in [6, 6.07) is 0. The molecule has 3 nitrogen and oxygen atoms in total. The van der Waals surface area contributed by atoms with Crippen LogP contribution in [0.5, 0.6) is 0 Å². The van der Waals surface area contributed by atoms with Gasteiger partial charge < -0.3 is 10.5 Å². The highest BCUT2D eigenvalue weighted by molar-refractivity contribution is 5.72. The van der Waals surface area contributed by atoms with E-state index in [1.54, 1.807) is 0 Å². The Bertz CT molecular complexity index is 225. The first-order valence-electron chi connectivity index (χ1n) is 6.35. The summed E-state index contributed by atoms with van der Waals surface area (Å²) >= 11 is 0. The molecule has 0 aromatic rings. The van der Waals surface area contributed by atoms with Crippen LogP contribution in [0.15, 0.2) is 0 Å². The zero-order valence-electron chi connectivity index (χ0n) is 10.8. The Morgan fingerprint density at radius 3 is 2.25 bits per heavy atom. The molecule has 0 amide bonds. The Morgan fingerprint density at radius 1 is 1.25 bits per heavy atom. The molecule has 0 aliphatic heterocycles. The Morgan fingerprint density at radius 2 is 1.81 bits per heavy atom. The number of rotatable bonds is 3. The first kappa shape index (κ1) is 13.5. The molecule has 1 aliphatic rings. The van der Waals surface area contributed by atoms with E-state index in [2.05, 4.69) is 0 Å². The number of carbonyl (C=O) groups excluding carboxylic acids is 1. The van der Waals surface area contributed by atoms with Gasteiger partial charge in [-0.05, 0) is 65.3 Å². The van der Waals surface area contributed by atoms with Crippen molar-refractivity contribution in [3.05, 3.63) is 0 Å². The lowest BCUT2D eigenvalue weighted by atomic mass is 9.80. The van der Waals surface area contributed by atoms with Crippen LogP contribution in [0.25, 0.3) is 0 Å². The van der Waals surface area contributed by atoms with Crippen molar-refractivity contribution in [2.24, 2.45) is 17.6 Å². The van der Waals surface area contributed by atoms with Crippen LogP contribution in [0.4, 0.5) is 0 Å². The van der Waals surface area contributed by atoms with Crippen molar-refractivity contribution in [1.82, 2.24) is 0 Å². The van der Waals surface area contributed by atoms with E-state index in [9.17, 15) is 4.79 Å². The third-order valence-electron chi connectivity index (χ3n) is 3.16. The number of hydrogen-bond acceptors (Lipinski definition) is 3. The molecule has 3 heteroatoms. The molecule has 1 saturated carbocycles.